The summed E-state index contributed by atoms with van der Waals surface area (Å²) >= 11 is 0. The van der Waals surface area contributed by atoms with Crippen LogP contribution in [0.3, 0.4) is 0 Å². The highest BCUT2D eigenvalue weighted by Crippen LogP contribution is 2.22. The molecule has 0 aromatic carbocycles. The van der Waals surface area contributed by atoms with Crippen LogP contribution in [0.2, 0.25) is 0 Å². The first-order valence-electron chi connectivity index (χ1n) is 6.13. The van der Waals surface area contributed by atoms with Crippen LogP contribution in [0.25, 0.3) is 10.4 Å². The summed E-state index contributed by atoms with van der Waals surface area (Å²) < 4.78 is 0. The monoisotopic (exact) mass is 210 g/mol. The minimum absolute atomic E-state index is 0.639. The smallest absolute Gasteiger partial charge is 0.0270 e. The van der Waals surface area contributed by atoms with E-state index in [0.29, 0.717) is 6.54 Å². The van der Waals surface area contributed by atoms with Crippen molar-refractivity contribution in [2.75, 3.05) is 19.6 Å². The second kappa shape index (κ2) is 7.55. The van der Waals surface area contributed by atoms with Crippen LogP contribution in [-0.4, -0.2) is 30.6 Å². The Kier molecular flexibility index (Phi) is 6.21. The fraction of sp³-hybridized carbons (Fsp3) is 1.00. The van der Waals surface area contributed by atoms with Gasteiger partial charge >= 0.3 is 0 Å². The van der Waals surface area contributed by atoms with Crippen molar-refractivity contribution in [3.8, 4) is 0 Å². The standard InChI is InChI=1S/C11H22N4/c1-2-15(10-6-9-13-14-12)11-7-4-3-5-8-11/h11H,2-10H2,1H3. The Labute approximate surface area is 92.3 Å². The SMILES string of the molecule is CCN(CCCN=[N+]=[N-])C1CCCCC1. The first kappa shape index (κ1) is 12.3. The second-order valence-electron chi connectivity index (χ2n) is 4.23. The van der Waals surface area contributed by atoms with Crippen molar-refractivity contribution in [3.05, 3.63) is 10.4 Å². The van der Waals surface area contributed by atoms with Gasteiger partial charge in [0.2, 0.25) is 0 Å². The molecule has 0 unspecified atom stereocenters. The molecule has 0 N–H and O–H groups in total. The largest absolute Gasteiger partial charge is 0.301 e. The summed E-state index contributed by atoms with van der Waals surface area (Å²) in [7, 11) is 0. The molecule has 4 heteroatoms. The third-order valence-electron chi connectivity index (χ3n) is 3.26. The van der Waals surface area contributed by atoms with Crippen molar-refractivity contribution in [1.29, 1.82) is 0 Å². The predicted octanol–water partition coefficient (Wildman–Crippen LogP) is 3.34. The zero-order chi connectivity index (χ0) is 10.9. The van der Waals surface area contributed by atoms with Gasteiger partial charge in [-0.2, -0.15) is 0 Å². The van der Waals surface area contributed by atoms with Gasteiger partial charge in [0.1, 0.15) is 0 Å². The molecular formula is C11H22N4. The second-order valence-corrected chi connectivity index (χ2v) is 4.23. The third kappa shape index (κ3) is 4.54. The maximum absolute atomic E-state index is 8.18. The normalized spacial score (nSPS) is 17.7. The summed E-state index contributed by atoms with van der Waals surface area (Å²) in [5, 5.41) is 3.58. The van der Waals surface area contributed by atoms with Crippen molar-refractivity contribution in [1.82, 2.24) is 4.90 Å². The quantitative estimate of drug-likeness (QED) is 0.287. The van der Waals surface area contributed by atoms with Crippen LogP contribution in [0.5, 0.6) is 0 Å². The number of nitrogens with zero attached hydrogens (tertiary/aromatic N) is 4. The zero-order valence-corrected chi connectivity index (χ0v) is 9.73. The molecule has 0 spiro atoms. The maximum Gasteiger partial charge on any atom is 0.0270 e. The molecule has 0 aromatic rings. The van der Waals surface area contributed by atoms with Gasteiger partial charge in [-0.3, -0.25) is 0 Å². The van der Waals surface area contributed by atoms with Crippen LogP contribution >= 0.6 is 0 Å². The topological polar surface area (TPSA) is 52.0 Å². The van der Waals surface area contributed by atoms with Gasteiger partial charge in [0.05, 0.1) is 0 Å². The lowest BCUT2D eigenvalue weighted by Gasteiger charge is -2.33. The van der Waals surface area contributed by atoms with Crippen LogP contribution in [-0.2, 0) is 0 Å². The molecule has 0 aromatic heterocycles. The van der Waals surface area contributed by atoms with Crippen molar-refractivity contribution in [2.24, 2.45) is 5.11 Å². The van der Waals surface area contributed by atoms with E-state index in [1.165, 1.54) is 32.1 Å². The van der Waals surface area contributed by atoms with Gasteiger partial charge in [-0.25, -0.2) is 0 Å². The van der Waals surface area contributed by atoms with E-state index in [1.807, 2.05) is 0 Å². The molecule has 1 saturated carbocycles. The summed E-state index contributed by atoms with van der Waals surface area (Å²) in [5.74, 6) is 0. The fourth-order valence-corrected chi connectivity index (χ4v) is 2.43. The molecule has 0 aliphatic heterocycles. The van der Waals surface area contributed by atoms with Gasteiger partial charge in [-0.1, -0.05) is 31.3 Å². The highest BCUT2D eigenvalue weighted by atomic mass is 15.2. The maximum atomic E-state index is 8.18. The first-order chi connectivity index (χ1) is 7.38. The molecular weight excluding hydrogens is 188 g/mol. The van der Waals surface area contributed by atoms with Gasteiger partial charge in [0.25, 0.3) is 0 Å². The van der Waals surface area contributed by atoms with Crippen LogP contribution in [0, 0.1) is 0 Å². The van der Waals surface area contributed by atoms with Crippen molar-refractivity contribution in [3.63, 3.8) is 0 Å². The number of hydrogen-bond acceptors (Lipinski definition) is 2. The van der Waals surface area contributed by atoms with Gasteiger partial charge < -0.3 is 4.90 Å². The van der Waals surface area contributed by atoms with Crippen LogP contribution < -0.4 is 0 Å². The van der Waals surface area contributed by atoms with Crippen LogP contribution in [0.1, 0.15) is 45.4 Å². The Morgan fingerprint density at radius 2 is 2.07 bits per heavy atom. The summed E-state index contributed by atoms with van der Waals surface area (Å²) in [4.78, 5) is 5.33. The highest BCUT2D eigenvalue weighted by molar-refractivity contribution is 4.75. The van der Waals surface area contributed by atoms with E-state index in [0.717, 1.165) is 25.6 Å². The van der Waals surface area contributed by atoms with E-state index < -0.39 is 0 Å². The molecule has 1 rings (SSSR count). The molecule has 0 saturated heterocycles. The molecule has 1 fully saturated rings. The molecule has 15 heavy (non-hydrogen) atoms. The molecule has 0 atom stereocenters. The van der Waals surface area contributed by atoms with Gasteiger partial charge in [0, 0.05) is 17.5 Å². The Morgan fingerprint density at radius 3 is 2.67 bits per heavy atom. The summed E-state index contributed by atoms with van der Waals surface area (Å²) in [6, 6.07) is 0.787. The van der Waals surface area contributed by atoms with Gasteiger partial charge in [-0.05, 0) is 37.9 Å². The number of hydrogen-bond donors (Lipinski definition) is 0. The molecule has 0 heterocycles. The Hall–Kier alpha value is -0.730. The predicted molar refractivity (Wildman–Crippen MR) is 62.8 cm³/mol. The van der Waals surface area contributed by atoms with Crippen LogP contribution in [0.15, 0.2) is 5.11 Å². The minimum Gasteiger partial charge on any atom is -0.301 e. The lowest BCUT2D eigenvalue weighted by atomic mass is 9.94. The summed E-state index contributed by atoms with van der Waals surface area (Å²) in [6.45, 7) is 5.07. The summed E-state index contributed by atoms with van der Waals surface area (Å²) in [6.07, 6.45) is 7.89. The fourth-order valence-electron chi connectivity index (χ4n) is 2.43. The average molecular weight is 210 g/mol. The number of rotatable bonds is 6. The molecule has 1 aliphatic rings. The van der Waals surface area contributed by atoms with Crippen molar-refractivity contribution < 1.29 is 0 Å². The summed E-state index contributed by atoms with van der Waals surface area (Å²) in [5.41, 5.74) is 8.18. The Balaban J connectivity index is 2.23. The van der Waals surface area contributed by atoms with Crippen molar-refractivity contribution >= 4 is 0 Å². The molecule has 0 radical (unpaired) electrons. The molecule has 86 valence electrons. The van der Waals surface area contributed by atoms with E-state index in [2.05, 4.69) is 21.8 Å². The molecule has 1 aliphatic carbocycles. The zero-order valence-electron chi connectivity index (χ0n) is 9.73. The van der Waals surface area contributed by atoms with Crippen molar-refractivity contribution in [2.45, 2.75) is 51.5 Å². The van der Waals surface area contributed by atoms with E-state index in [9.17, 15) is 0 Å². The molecule has 0 amide bonds. The van der Waals surface area contributed by atoms with E-state index >= 15 is 0 Å². The van der Waals surface area contributed by atoms with E-state index in [-0.39, 0.29) is 0 Å². The van der Waals surface area contributed by atoms with Crippen LogP contribution in [0.4, 0.5) is 0 Å². The lowest BCUT2D eigenvalue weighted by Crippen LogP contribution is -2.37. The third-order valence-corrected chi connectivity index (χ3v) is 3.26. The molecule has 4 nitrogen and oxygen atoms in total. The number of azide groups is 1. The van der Waals surface area contributed by atoms with Gasteiger partial charge in [-0.15, -0.1) is 0 Å². The minimum atomic E-state index is 0.639. The average Bonchev–Trinajstić information content (AvgIpc) is 2.30. The Morgan fingerprint density at radius 1 is 1.33 bits per heavy atom. The molecule has 0 bridgehead atoms. The lowest BCUT2D eigenvalue weighted by molar-refractivity contribution is 0.163. The van der Waals surface area contributed by atoms with E-state index in [4.69, 9.17) is 5.53 Å². The first-order valence-corrected chi connectivity index (χ1v) is 6.13. The highest BCUT2D eigenvalue weighted by Gasteiger charge is 2.18. The Bertz CT molecular complexity index is 205. The van der Waals surface area contributed by atoms with E-state index in [1.54, 1.807) is 0 Å². The van der Waals surface area contributed by atoms with Gasteiger partial charge in [0.15, 0.2) is 0 Å².